The number of aromatic hydroxyl groups is 1. The molecule has 1 aromatic heterocycles. The van der Waals surface area contributed by atoms with Crippen LogP contribution in [-0.2, 0) is 5.41 Å². The summed E-state index contributed by atoms with van der Waals surface area (Å²) in [5, 5.41) is 12.3. The molecule has 1 amide bonds. The number of carbonyl (C=O) groups is 1. The highest BCUT2D eigenvalue weighted by Crippen LogP contribution is 2.24. The van der Waals surface area contributed by atoms with Crippen LogP contribution in [-0.4, -0.2) is 16.0 Å². The van der Waals surface area contributed by atoms with Crippen molar-refractivity contribution in [3.63, 3.8) is 0 Å². The van der Waals surface area contributed by atoms with Gasteiger partial charge in [-0.2, -0.15) is 0 Å². The Bertz CT molecular complexity index is 661. The van der Waals surface area contributed by atoms with Crippen LogP contribution >= 0.6 is 11.6 Å². The Kier molecular flexibility index (Phi) is 4.19. The first kappa shape index (κ1) is 15.3. The van der Waals surface area contributed by atoms with Crippen LogP contribution in [0.25, 0.3) is 0 Å². The van der Waals surface area contributed by atoms with Crippen molar-refractivity contribution in [1.82, 2.24) is 4.98 Å². The third-order valence-electron chi connectivity index (χ3n) is 2.95. The standard InChI is InChI=1S/C16H17ClN2O2/c1-16(2,3)13-8-10(9-14(17)19-13)15(21)18-11-4-6-12(20)7-5-11/h4-9,20H,1-3H3,(H,18,21). The van der Waals surface area contributed by atoms with Crippen molar-refractivity contribution in [2.24, 2.45) is 0 Å². The van der Waals surface area contributed by atoms with Crippen molar-refractivity contribution in [3.05, 3.63) is 52.8 Å². The van der Waals surface area contributed by atoms with Crippen molar-refractivity contribution < 1.29 is 9.90 Å². The molecule has 21 heavy (non-hydrogen) atoms. The zero-order valence-electron chi connectivity index (χ0n) is 12.1. The second-order valence-electron chi connectivity index (χ2n) is 5.81. The lowest BCUT2D eigenvalue weighted by Crippen LogP contribution is -2.17. The fraction of sp³-hybridized carbons (Fsp3) is 0.250. The first-order valence-electron chi connectivity index (χ1n) is 6.54. The number of halogens is 1. The van der Waals surface area contributed by atoms with Gasteiger partial charge < -0.3 is 10.4 Å². The van der Waals surface area contributed by atoms with Gasteiger partial charge in [-0.1, -0.05) is 32.4 Å². The maximum atomic E-state index is 12.3. The van der Waals surface area contributed by atoms with E-state index in [4.69, 9.17) is 11.6 Å². The molecule has 0 radical (unpaired) electrons. The van der Waals surface area contributed by atoms with Crippen LogP contribution in [0.1, 0.15) is 36.8 Å². The molecule has 2 rings (SSSR count). The molecule has 0 aliphatic heterocycles. The Morgan fingerprint density at radius 1 is 1.19 bits per heavy atom. The zero-order valence-corrected chi connectivity index (χ0v) is 12.9. The van der Waals surface area contributed by atoms with Crippen LogP contribution in [0.2, 0.25) is 5.15 Å². The summed E-state index contributed by atoms with van der Waals surface area (Å²) < 4.78 is 0. The van der Waals surface area contributed by atoms with E-state index in [1.54, 1.807) is 18.2 Å². The molecule has 0 fully saturated rings. The predicted molar refractivity (Wildman–Crippen MR) is 84.0 cm³/mol. The van der Waals surface area contributed by atoms with E-state index in [-0.39, 0.29) is 17.1 Å². The average Bonchev–Trinajstić information content (AvgIpc) is 2.39. The molecule has 1 heterocycles. The van der Waals surface area contributed by atoms with E-state index in [0.717, 1.165) is 5.69 Å². The number of nitrogens with one attached hydrogen (secondary N) is 1. The molecule has 0 saturated heterocycles. The van der Waals surface area contributed by atoms with Gasteiger partial charge in [0.1, 0.15) is 10.9 Å². The Labute approximate surface area is 128 Å². The summed E-state index contributed by atoms with van der Waals surface area (Å²) in [6.07, 6.45) is 0. The van der Waals surface area contributed by atoms with Crippen molar-refractivity contribution in [2.45, 2.75) is 26.2 Å². The Hall–Kier alpha value is -2.07. The average molecular weight is 305 g/mol. The van der Waals surface area contributed by atoms with E-state index >= 15 is 0 Å². The molecule has 0 aliphatic carbocycles. The van der Waals surface area contributed by atoms with Crippen LogP contribution in [0.3, 0.4) is 0 Å². The summed E-state index contributed by atoms with van der Waals surface area (Å²) in [6, 6.07) is 9.54. The first-order valence-corrected chi connectivity index (χ1v) is 6.92. The summed E-state index contributed by atoms with van der Waals surface area (Å²) in [5.41, 5.74) is 1.61. The second kappa shape index (κ2) is 5.74. The minimum Gasteiger partial charge on any atom is -0.508 e. The molecular weight excluding hydrogens is 288 g/mol. The number of amides is 1. The van der Waals surface area contributed by atoms with Gasteiger partial charge in [0.05, 0.1) is 0 Å². The number of pyridine rings is 1. The number of aromatic nitrogens is 1. The molecule has 1 aromatic carbocycles. The molecule has 0 bridgehead atoms. The van der Waals surface area contributed by atoms with E-state index in [9.17, 15) is 9.90 Å². The molecule has 0 spiro atoms. The van der Waals surface area contributed by atoms with Crippen LogP contribution in [0, 0.1) is 0 Å². The Balaban J connectivity index is 2.27. The summed E-state index contributed by atoms with van der Waals surface area (Å²) in [7, 11) is 0. The number of phenolic OH excluding ortho intramolecular Hbond substituents is 1. The highest BCUT2D eigenvalue weighted by Gasteiger charge is 2.19. The van der Waals surface area contributed by atoms with E-state index in [1.807, 2.05) is 20.8 Å². The number of carbonyl (C=O) groups excluding carboxylic acids is 1. The van der Waals surface area contributed by atoms with E-state index in [0.29, 0.717) is 16.4 Å². The van der Waals surface area contributed by atoms with Gasteiger partial charge in [0, 0.05) is 22.4 Å². The number of hydrogen-bond donors (Lipinski definition) is 2. The van der Waals surface area contributed by atoms with Crippen molar-refractivity contribution in [2.75, 3.05) is 5.32 Å². The van der Waals surface area contributed by atoms with Gasteiger partial charge in [0.25, 0.3) is 5.91 Å². The van der Waals surface area contributed by atoms with Gasteiger partial charge in [-0.15, -0.1) is 0 Å². The molecule has 0 atom stereocenters. The van der Waals surface area contributed by atoms with Crippen LogP contribution in [0.15, 0.2) is 36.4 Å². The normalized spacial score (nSPS) is 11.2. The lowest BCUT2D eigenvalue weighted by Gasteiger charge is -2.18. The lowest BCUT2D eigenvalue weighted by atomic mass is 9.91. The van der Waals surface area contributed by atoms with Gasteiger partial charge in [-0.05, 0) is 36.4 Å². The maximum Gasteiger partial charge on any atom is 0.255 e. The summed E-state index contributed by atoms with van der Waals surface area (Å²) in [4.78, 5) is 16.5. The summed E-state index contributed by atoms with van der Waals surface area (Å²) in [5.74, 6) is -0.120. The first-order chi connectivity index (χ1) is 9.75. The minimum atomic E-state index is -0.268. The smallest absolute Gasteiger partial charge is 0.255 e. The molecule has 0 unspecified atom stereocenters. The number of benzene rings is 1. The molecule has 2 aromatic rings. The fourth-order valence-electron chi connectivity index (χ4n) is 1.76. The second-order valence-corrected chi connectivity index (χ2v) is 6.20. The molecule has 2 N–H and O–H groups in total. The predicted octanol–water partition coefficient (Wildman–Crippen LogP) is 3.99. The van der Waals surface area contributed by atoms with Gasteiger partial charge in [-0.25, -0.2) is 4.98 Å². The molecular formula is C16H17ClN2O2. The summed E-state index contributed by atoms with van der Waals surface area (Å²) >= 11 is 6.00. The van der Waals surface area contributed by atoms with Gasteiger partial charge >= 0.3 is 0 Å². The van der Waals surface area contributed by atoms with E-state index in [1.165, 1.54) is 18.2 Å². The monoisotopic (exact) mass is 304 g/mol. The number of rotatable bonds is 2. The number of phenols is 1. The van der Waals surface area contributed by atoms with Crippen LogP contribution < -0.4 is 5.32 Å². The van der Waals surface area contributed by atoms with Gasteiger partial charge in [0.15, 0.2) is 0 Å². The molecule has 5 heteroatoms. The van der Waals surface area contributed by atoms with Gasteiger partial charge in [-0.3, -0.25) is 4.79 Å². The van der Waals surface area contributed by atoms with E-state index in [2.05, 4.69) is 10.3 Å². The van der Waals surface area contributed by atoms with E-state index < -0.39 is 0 Å². The van der Waals surface area contributed by atoms with Crippen molar-refractivity contribution in [3.8, 4) is 5.75 Å². The van der Waals surface area contributed by atoms with Crippen LogP contribution in [0.5, 0.6) is 5.75 Å². The maximum absolute atomic E-state index is 12.3. The third-order valence-corrected chi connectivity index (χ3v) is 3.14. The van der Waals surface area contributed by atoms with Crippen molar-refractivity contribution in [1.29, 1.82) is 0 Å². The molecule has 0 saturated carbocycles. The van der Waals surface area contributed by atoms with Crippen molar-refractivity contribution >= 4 is 23.2 Å². The quantitative estimate of drug-likeness (QED) is 0.651. The van der Waals surface area contributed by atoms with Crippen LogP contribution in [0.4, 0.5) is 5.69 Å². The number of anilines is 1. The zero-order chi connectivity index (χ0) is 15.6. The Morgan fingerprint density at radius 2 is 1.81 bits per heavy atom. The SMILES string of the molecule is CC(C)(C)c1cc(C(=O)Nc2ccc(O)cc2)cc(Cl)n1. The third kappa shape index (κ3) is 3.95. The molecule has 110 valence electrons. The highest BCUT2D eigenvalue weighted by molar-refractivity contribution is 6.29. The topological polar surface area (TPSA) is 62.2 Å². The number of hydrogen-bond acceptors (Lipinski definition) is 3. The lowest BCUT2D eigenvalue weighted by molar-refractivity contribution is 0.102. The molecule has 4 nitrogen and oxygen atoms in total. The minimum absolute atomic E-state index is 0.148. The Morgan fingerprint density at radius 3 is 2.38 bits per heavy atom. The number of nitrogens with zero attached hydrogens (tertiary/aromatic N) is 1. The molecule has 0 aliphatic rings. The van der Waals surface area contributed by atoms with Gasteiger partial charge in [0.2, 0.25) is 0 Å². The highest BCUT2D eigenvalue weighted by atomic mass is 35.5. The summed E-state index contributed by atoms with van der Waals surface area (Å²) in [6.45, 7) is 6.02. The largest absolute Gasteiger partial charge is 0.508 e. The fourth-order valence-corrected chi connectivity index (χ4v) is 1.97.